The molecular formula is C18H19ClN2O4S. The number of rotatable bonds is 6. The number of nitrogens with zero attached hydrogens (tertiary/aromatic N) is 1. The molecule has 8 heteroatoms. The Bertz CT molecular complexity index is 894. The molecule has 0 aliphatic carbocycles. The SMILES string of the molecule is CN(CC(=O)Nc1ccc(Cl)cc1)C(=O)c1ccc(CS(C)(=O)=O)cc1. The maximum atomic E-state index is 12.4. The molecule has 0 saturated heterocycles. The molecule has 0 fully saturated rings. The van der Waals surface area contributed by atoms with Gasteiger partial charge in [0, 0.05) is 29.6 Å². The molecule has 2 amide bonds. The molecule has 0 saturated carbocycles. The summed E-state index contributed by atoms with van der Waals surface area (Å²) in [4.78, 5) is 25.7. The third kappa shape index (κ3) is 6.16. The van der Waals surface area contributed by atoms with E-state index in [9.17, 15) is 18.0 Å². The molecule has 0 atom stereocenters. The van der Waals surface area contributed by atoms with Gasteiger partial charge in [-0.2, -0.15) is 0 Å². The third-order valence-corrected chi connectivity index (χ3v) is 4.59. The van der Waals surface area contributed by atoms with Gasteiger partial charge >= 0.3 is 0 Å². The van der Waals surface area contributed by atoms with Crippen LogP contribution in [0.4, 0.5) is 5.69 Å². The molecule has 2 rings (SSSR count). The smallest absolute Gasteiger partial charge is 0.254 e. The Morgan fingerprint density at radius 1 is 1.04 bits per heavy atom. The summed E-state index contributed by atoms with van der Waals surface area (Å²) in [5, 5.41) is 3.25. The molecule has 0 aliphatic heterocycles. The average molecular weight is 395 g/mol. The van der Waals surface area contributed by atoms with Crippen molar-refractivity contribution in [1.29, 1.82) is 0 Å². The van der Waals surface area contributed by atoms with E-state index >= 15 is 0 Å². The Balaban J connectivity index is 1.95. The van der Waals surface area contributed by atoms with E-state index in [-0.39, 0.29) is 24.1 Å². The Morgan fingerprint density at radius 3 is 2.15 bits per heavy atom. The lowest BCUT2D eigenvalue weighted by atomic mass is 10.1. The number of amides is 2. The topological polar surface area (TPSA) is 83.6 Å². The molecule has 2 aromatic carbocycles. The zero-order chi connectivity index (χ0) is 19.3. The van der Waals surface area contributed by atoms with Crippen molar-refractivity contribution in [3.05, 3.63) is 64.7 Å². The number of carbonyl (C=O) groups excluding carboxylic acids is 2. The van der Waals surface area contributed by atoms with Crippen LogP contribution in [0.1, 0.15) is 15.9 Å². The van der Waals surface area contributed by atoms with Gasteiger partial charge in [0.1, 0.15) is 0 Å². The maximum Gasteiger partial charge on any atom is 0.254 e. The molecule has 0 aromatic heterocycles. The second kappa shape index (κ2) is 8.33. The van der Waals surface area contributed by atoms with Crippen molar-refractivity contribution < 1.29 is 18.0 Å². The highest BCUT2D eigenvalue weighted by Crippen LogP contribution is 2.14. The fraction of sp³-hybridized carbons (Fsp3) is 0.222. The molecule has 2 aromatic rings. The van der Waals surface area contributed by atoms with E-state index in [1.54, 1.807) is 48.5 Å². The molecule has 138 valence electrons. The Morgan fingerprint density at radius 2 is 1.62 bits per heavy atom. The number of hydrogen-bond acceptors (Lipinski definition) is 4. The Hall–Kier alpha value is -2.38. The van der Waals surface area contributed by atoms with Crippen molar-refractivity contribution in [2.24, 2.45) is 0 Å². The fourth-order valence-corrected chi connectivity index (χ4v) is 3.21. The maximum absolute atomic E-state index is 12.4. The number of carbonyl (C=O) groups is 2. The van der Waals surface area contributed by atoms with Crippen LogP contribution < -0.4 is 5.32 Å². The van der Waals surface area contributed by atoms with E-state index in [0.29, 0.717) is 21.8 Å². The summed E-state index contributed by atoms with van der Waals surface area (Å²) in [6.45, 7) is -0.119. The first kappa shape index (κ1) is 19.9. The standard InChI is InChI=1S/C18H19ClN2O4S/c1-21(11-17(22)20-16-9-7-15(19)8-10-16)18(23)14-5-3-13(4-6-14)12-26(2,24)25/h3-10H,11-12H2,1-2H3,(H,20,22). The van der Waals surface area contributed by atoms with Crippen LogP contribution in [0.3, 0.4) is 0 Å². The second-order valence-corrected chi connectivity index (χ2v) is 8.56. The number of nitrogens with one attached hydrogen (secondary N) is 1. The summed E-state index contributed by atoms with van der Waals surface area (Å²) in [6.07, 6.45) is 1.15. The van der Waals surface area contributed by atoms with Crippen LogP contribution in [-0.4, -0.2) is 45.0 Å². The van der Waals surface area contributed by atoms with Gasteiger partial charge in [-0.05, 0) is 42.0 Å². The average Bonchev–Trinajstić information content (AvgIpc) is 2.55. The van der Waals surface area contributed by atoms with E-state index in [2.05, 4.69) is 5.32 Å². The summed E-state index contributed by atoms with van der Waals surface area (Å²) < 4.78 is 22.6. The van der Waals surface area contributed by atoms with Crippen molar-refractivity contribution in [2.75, 3.05) is 25.2 Å². The van der Waals surface area contributed by atoms with Gasteiger partial charge in [0.05, 0.1) is 12.3 Å². The van der Waals surface area contributed by atoms with Crippen molar-refractivity contribution in [3.63, 3.8) is 0 Å². The Labute approximate surface area is 157 Å². The highest BCUT2D eigenvalue weighted by molar-refractivity contribution is 7.89. The zero-order valence-electron chi connectivity index (χ0n) is 14.4. The minimum Gasteiger partial charge on any atom is -0.332 e. The van der Waals surface area contributed by atoms with Gasteiger partial charge in [-0.1, -0.05) is 23.7 Å². The van der Waals surface area contributed by atoms with Gasteiger partial charge in [0.15, 0.2) is 9.84 Å². The zero-order valence-corrected chi connectivity index (χ0v) is 16.0. The van der Waals surface area contributed by atoms with Gasteiger partial charge in [0.2, 0.25) is 5.91 Å². The van der Waals surface area contributed by atoms with E-state index in [0.717, 1.165) is 6.26 Å². The largest absolute Gasteiger partial charge is 0.332 e. The van der Waals surface area contributed by atoms with Crippen LogP contribution in [0, 0.1) is 0 Å². The van der Waals surface area contributed by atoms with Crippen molar-refractivity contribution >= 4 is 38.9 Å². The quantitative estimate of drug-likeness (QED) is 0.816. The first-order valence-electron chi connectivity index (χ1n) is 7.71. The van der Waals surface area contributed by atoms with Gasteiger partial charge in [-0.25, -0.2) is 8.42 Å². The van der Waals surface area contributed by atoms with E-state index in [1.165, 1.54) is 11.9 Å². The lowest BCUT2D eigenvalue weighted by Gasteiger charge is -2.17. The minimum absolute atomic E-state index is 0.0825. The van der Waals surface area contributed by atoms with Gasteiger partial charge in [-0.3, -0.25) is 9.59 Å². The number of likely N-dealkylation sites (N-methyl/N-ethyl adjacent to an activating group) is 1. The molecule has 26 heavy (non-hydrogen) atoms. The molecule has 1 N–H and O–H groups in total. The monoisotopic (exact) mass is 394 g/mol. The van der Waals surface area contributed by atoms with Gasteiger partial charge in [0.25, 0.3) is 5.91 Å². The van der Waals surface area contributed by atoms with Crippen molar-refractivity contribution in [3.8, 4) is 0 Å². The molecule has 0 bridgehead atoms. The normalized spacial score (nSPS) is 11.0. The summed E-state index contributed by atoms with van der Waals surface area (Å²) in [6, 6.07) is 12.9. The molecule has 0 aliphatic rings. The number of halogens is 1. The molecule has 6 nitrogen and oxygen atoms in total. The number of anilines is 1. The van der Waals surface area contributed by atoms with E-state index in [1.807, 2.05) is 0 Å². The van der Waals surface area contributed by atoms with E-state index < -0.39 is 9.84 Å². The summed E-state index contributed by atoms with van der Waals surface area (Å²) >= 11 is 5.79. The number of sulfone groups is 1. The molecule has 0 radical (unpaired) electrons. The molecular weight excluding hydrogens is 376 g/mol. The summed E-state index contributed by atoms with van der Waals surface area (Å²) in [7, 11) is -1.61. The van der Waals surface area contributed by atoms with Crippen LogP contribution in [-0.2, 0) is 20.4 Å². The third-order valence-electron chi connectivity index (χ3n) is 3.49. The predicted octanol–water partition coefficient (Wildman–Crippen LogP) is 2.60. The number of hydrogen-bond donors (Lipinski definition) is 1. The molecule has 0 unspecified atom stereocenters. The summed E-state index contributed by atoms with van der Waals surface area (Å²) in [5.74, 6) is -0.750. The highest BCUT2D eigenvalue weighted by atomic mass is 35.5. The van der Waals surface area contributed by atoms with Crippen LogP contribution in [0.5, 0.6) is 0 Å². The fourth-order valence-electron chi connectivity index (χ4n) is 2.29. The predicted molar refractivity (Wildman–Crippen MR) is 102 cm³/mol. The van der Waals surface area contributed by atoms with Crippen molar-refractivity contribution in [1.82, 2.24) is 4.90 Å². The van der Waals surface area contributed by atoms with Crippen LogP contribution >= 0.6 is 11.6 Å². The van der Waals surface area contributed by atoms with E-state index in [4.69, 9.17) is 11.6 Å². The first-order valence-corrected chi connectivity index (χ1v) is 10.2. The molecule has 0 spiro atoms. The second-order valence-electron chi connectivity index (χ2n) is 5.98. The number of benzene rings is 2. The molecule has 0 heterocycles. The van der Waals surface area contributed by atoms with Crippen molar-refractivity contribution in [2.45, 2.75) is 5.75 Å². The van der Waals surface area contributed by atoms with Gasteiger partial charge < -0.3 is 10.2 Å². The summed E-state index contributed by atoms with van der Waals surface area (Å²) in [5.41, 5.74) is 1.57. The van der Waals surface area contributed by atoms with Crippen LogP contribution in [0.25, 0.3) is 0 Å². The first-order chi connectivity index (χ1) is 12.1. The van der Waals surface area contributed by atoms with Gasteiger partial charge in [-0.15, -0.1) is 0 Å². The highest BCUT2D eigenvalue weighted by Gasteiger charge is 2.15. The van der Waals surface area contributed by atoms with Crippen LogP contribution in [0.2, 0.25) is 5.02 Å². The lowest BCUT2D eigenvalue weighted by Crippen LogP contribution is -2.34. The minimum atomic E-state index is -3.13. The Kier molecular flexibility index (Phi) is 6.39. The lowest BCUT2D eigenvalue weighted by molar-refractivity contribution is -0.116. The van der Waals surface area contributed by atoms with Crippen LogP contribution in [0.15, 0.2) is 48.5 Å².